The van der Waals surface area contributed by atoms with E-state index in [0.717, 1.165) is 49.3 Å². The molecule has 1 aliphatic heterocycles. The number of benzene rings is 2. The number of fused-ring (bicyclic) bond motifs is 3. The van der Waals surface area contributed by atoms with E-state index in [1.165, 1.54) is 11.3 Å². The number of β-amino-alcohol motifs (C(OH)–C–C–N with tert-alkyl or cyclic N) is 1. The minimum Gasteiger partial charge on any atom is -0.490 e. The summed E-state index contributed by atoms with van der Waals surface area (Å²) < 4.78 is 7.01. The predicted octanol–water partition coefficient (Wildman–Crippen LogP) is 4.34. The number of halogens is 1. The van der Waals surface area contributed by atoms with Gasteiger partial charge in [0.2, 0.25) is 0 Å². The second kappa shape index (κ2) is 9.23. The largest absolute Gasteiger partial charge is 0.490 e. The Labute approximate surface area is 198 Å². The van der Waals surface area contributed by atoms with Crippen molar-refractivity contribution >= 4 is 55.0 Å². The Morgan fingerprint density at radius 2 is 1.84 bits per heavy atom. The maximum Gasteiger partial charge on any atom is 0.264 e. The fourth-order valence-corrected chi connectivity index (χ4v) is 5.60. The van der Waals surface area contributed by atoms with Gasteiger partial charge in [-0.05, 0) is 46.3 Å². The summed E-state index contributed by atoms with van der Waals surface area (Å²) in [6, 6.07) is 17.9. The molecule has 3 heterocycles. The van der Waals surface area contributed by atoms with Crippen molar-refractivity contribution in [2.75, 3.05) is 39.3 Å². The van der Waals surface area contributed by atoms with E-state index in [-0.39, 0.29) is 12.5 Å². The third-order valence-corrected chi connectivity index (χ3v) is 7.45. The van der Waals surface area contributed by atoms with E-state index < -0.39 is 6.10 Å². The second-order valence-electron chi connectivity index (χ2n) is 8.01. The van der Waals surface area contributed by atoms with Gasteiger partial charge in [0.1, 0.15) is 18.5 Å². The highest BCUT2D eigenvalue weighted by molar-refractivity contribution is 9.11. The number of amides is 1. The highest BCUT2D eigenvalue weighted by atomic mass is 79.9. The van der Waals surface area contributed by atoms with Crippen LogP contribution in [0.4, 0.5) is 0 Å². The van der Waals surface area contributed by atoms with E-state index in [0.29, 0.717) is 19.6 Å². The van der Waals surface area contributed by atoms with E-state index in [1.807, 2.05) is 47.4 Å². The maximum atomic E-state index is 12.6. The summed E-state index contributed by atoms with van der Waals surface area (Å²) in [6.45, 7) is 3.56. The Morgan fingerprint density at radius 1 is 1.06 bits per heavy atom. The van der Waals surface area contributed by atoms with Crippen LogP contribution in [0.5, 0.6) is 5.75 Å². The average molecular weight is 514 g/mol. The van der Waals surface area contributed by atoms with Crippen molar-refractivity contribution in [1.29, 1.82) is 0 Å². The number of H-pyrrole nitrogens is 1. The molecule has 6 nitrogen and oxygen atoms in total. The summed E-state index contributed by atoms with van der Waals surface area (Å²) in [7, 11) is 0. The van der Waals surface area contributed by atoms with Crippen molar-refractivity contribution in [3.8, 4) is 5.75 Å². The van der Waals surface area contributed by atoms with Crippen LogP contribution in [0.1, 0.15) is 9.67 Å². The summed E-state index contributed by atoms with van der Waals surface area (Å²) in [5, 5.41) is 12.8. The van der Waals surface area contributed by atoms with Gasteiger partial charge in [0.25, 0.3) is 5.91 Å². The number of aliphatic hydroxyl groups is 1. The lowest BCUT2D eigenvalue weighted by Crippen LogP contribution is -2.50. The molecule has 0 bridgehead atoms. The number of aliphatic hydroxyl groups excluding tert-OH is 1. The van der Waals surface area contributed by atoms with Crippen LogP contribution in [-0.4, -0.2) is 71.2 Å². The molecule has 166 valence electrons. The van der Waals surface area contributed by atoms with Crippen LogP contribution in [0.15, 0.2) is 58.4 Å². The molecule has 8 heteroatoms. The molecule has 1 aliphatic rings. The predicted molar refractivity (Wildman–Crippen MR) is 132 cm³/mol. The second-order valence-corrected chi connectivity index (χ2v) is 10.5. The first-order chi connectivity index (χ1) is 15.6. The quantitative estimate of drug-likeness (QED) is 0.402. The van der Waals surface area contributed by atoms with Crippen molar-refractivity contribution in [3.05, 3.63) is 63.3 Å². The summed E-state index contributed by atoms with van der Waals surface area (Å²) in [4.78, 5) is 20.8. The molecule has 0 aliphatic carbocycles. The van der Waals surface area contributed by atoms with Crippen molar-refractivity contribution in [3.63, 3.8) is 0 Å². The van der Waals surface area contributed by atoms with Gasteiger partial charge in [0, 0.05) is 49.0 Å². The van der Waals surface area contributed by atoms with Gasteiger partial charge in [0.15, 0.2) is 0 Å². The Morgan fingerprint density at radius 3 is 2.62 bits per heavy atom. The highest BCUT2D eigenvalue weighted by Crippen LogP contribution is 2.33. The first-order valence-corrected chi connectivity index (χ1v) is 12.3. The number of ether oxygens (including phenoxy) is 1. The highest BCUT2D eigenvalue weighted by Gasteiger charge is 2.24. The van der Waals surface area contributed by atoms with Gasteiger partial charge < -0.3 is 19.7 Å². The van der Waals surface area contributed by atoms with Crippen molar-refractivity contribution in [2.45, 2.75) is 6.10 Å². The molecule has 1 unspecified atom stereocenters. The molecule has 5 rings (SSSR count). The molecule has 32 heavy (non-hydrogen) atoms. The number of aromatic nitrogens is 1. The van der Waals surface area contributed by atoms with Gasteiger partial charge in [-0.25, -0.2) is 0 Å². The van der Waals surface area contributed by atoms with Crippen LogP contribution >= 0.6 is 27.3 Å². The Kier molecular flexibility index (Phi) is 6.19. The van der Waals surface area contributed by atoms with Crippen molar-refractivity contribution < 1.29 is 14.6 Å². The number of para-hydroxylation sites is 1. The Hall–Kier alpha value is -2.39. The van der Waals surface area contributed by atoms with Gasteiger partial charge in [0.05, 0.1) is 14.2 Å². The normalized spacial score (nSPS) is 16.0. The fraction of sp³-hybridized carbons (Fsp3) is 0.292. The number of nitrogens with zero attached hydrogens (tertiary/aromatic N) is 2. The number of nitrogens with one attached hydrogen (secondary N) is 1. The molecular weight excluding hydrogens is 490 g/mol. The Balaban J connectivity index is 1.16. The lowest BCUT2D eigenvalue weighted by atomic mass is 10.1. The molecule has 1 atom stereocenters. The zero-order chi connectivity index (χ0) is 22.1. The first kappa shape index (κ1) is 21.5. The van der Waals surface area contributed by atoms with E-state index in [2.05, 4.69) is 37.9 Å². The van der Waals surface area contributed by atoms with Crippen LogP contribution in [0.3, 0.4) is 0 Å². The lowest BCUT2D eigenvalue weighted by molar-refractivity contribution is 0.0408. The third kappa shape index (κ3) is 4.41. The fourth-order valence-electron chi connectivity index (χ4n) is 4.24. The Bertz CT molecular complexity index is 1250. The molecule has 0 radical (unpaired) electrons. The number of carbonyl (C=O) groups excluding carboxylic acids is 1. The maximum absolute atomic E-state index is 12.6. The smallest absolute Gasteiger partial charge is 0.264 e. The molecule has 0 spiro atoms. The number of aromatic amines is 1. The zero-order valence-corrected chi connectivity index (χ0v) is 19.9. The van der Waals surface area contributed by atoms with E-state index in [9.17, 15) is 9.90 Å². The number of carbonyl (C=O) groups is 1. The molecule has 1 saturated heterocycles. The van der Waals surface area contributed by atoms with Gasteiger partial charge in [-0.2, -0.15) is 0 Å². The number of hydrogen-bond donors (Lipinski definition) is 2. The molecule has 0 saturated carbocycles. The van der Waals surface area contributed by atoms with E-state index in [1.54, 1.807) is 0 Å². The summed E-state index contributed by atoms with van der Waals surface area (Å²) in [6.07, 6.45) is -0.606. The topological polar surface area (TPSA) is 68.8 Å². The average Bonchev–Trinajstić information content (AvgIpc) is 3.41. The molecule has 1 fully saturated rings. The number of rotatable bonds is 6. The third-order valence-electron chi connectivity index (χ3n) is 5.84. The SMILES string of the molecule is O=C(c1ccc(Br)s1)N1CCN(CC(O)COc2cccc3[nH]c4ccccc4c23)CC1. The minimum atomic E-state index is -0.606. The van der Waals surface area contributed by atoms with Crippen molar-refractivity contribution in [1.82, 2.24) is 14.8 Å². The molecule has 2 N–H and O–H groups in total. The van der Waals surface area contributed by atoms with Crippen LogP contribution in [0.25, 0.3) is 21.8 Å². The molecule has 2 aromatic heterocycles. The molecule has 4 aromatic rings. The zero-order valence-electron chi connectivity index (χ0n) is 17.5. The summed E-state index contributed by atoms with van der Waals surface area (Å²) >= 11 is 4.87. The summed E-state index contributed by atoms with van der Waals surface area (Å²) in [5.41, 5.74) is 2.10. The van der Waals surface area contributed by atoms with Crippen LogP contribution in [-0.2, 0) is 0 Å². The summed E-state index contributed by atoms with van der Waals surface area (Å²) in [5.74, 6) is 0.854. The standard InChI is InChI=1S/C24H24BrN3O3S/c25-22-9-8-21(32-22)24(30)28-12-10-27(11-13-28)14-16(29)15-31-20-7-3-6-19-23(20)17-4-1-2-5-18(17)26-19/h1-9,16,26,29H,10-15H2. The number of hydrogen-bond acceptors (Lipinski definition) is 5. The van der Waals surface area contributed by atoms with Crippen LogP contribution < -0.4 is 4.74 Å². The van der Waals surface area contributed by atoms with Gasteiger partial charge in [-0.15, -0.1) is 11.3 Å². The molecule has 2 aromatic carbocycles. The number of thiophene rings is 1. The van der Waals surface area contributed by atoms with Gasteiger partial charge in [-0.3, -0.25) is 9.69 Å². The lowest BCUT2D eigenvalue weighted by Gasteiger charge is -2.35. The van der Waals surface area contributed by atoms with Gasteiger partial charge in [-0.1, -0.05) is 24.3 Å². The van der Waals surface area contributed by atoms with Crippen molar-refractivity contribution in [2.24, 2.45) is 0 Å². The van der Waals surface area contributed by atoms with E-state index >= 15 is 0 Å². The minimum absolute atomic E-state index is 0.0797. The van der Waals surface area contributed by atoms with Gasteiger partial charge >= 0.3 is 0 Å². The first-order valence-electron chi connectivity index (χ1n) is 10.7. The molecule has 1 amide bonds. The van der Waals surface area contributed by atoms with E-state index in [4.69, 9.17) is 4.74 Å². The molecular formula is C24H24BrN3O3S. The van der Waals surface area contributed by atoms with Crippen LogP contribution in [0.2, 0.25) is 0 Å². The van der Waals surface area contributed by atoms with Crippen LogP contribution in [0, 0.1) is 0 Å². The monoisotopic (exact) mass is 513 g/mol. The number of piperazine rings is 1.